The summed E-state index contributed by atoms with van der Waals surface area (Å²) in [5, 5.41) is 5.53. The van der Waals surface area contributed by atoms with E-state index in [0.29, 0.717) is 17.7 Å². The van der Waals surface area contributed by atoms with Crippen LogP contribution in [0.4, 0.5) is 10.5 Å². The van der Waals surface area contributed by atoms with E-state index in [0.717, 1.165) is 18.4 Å². The normalized spacial score (nSPS) is 15.7. The highest BCUT2D eigenvalue weighted by Gasteiger charge is 2.33. The van der Waals surface area contributed by atoms with Crippen LogP contribution in [-0.4, -0.2) is 23.8 Å². The molecule has 2 N–H and O–H groups in total. The lowest BCUT2D eigenvalue weighted by molar-refractivity contribution is -0.119. The van der Waals surface area contributed by atoms with E-state index in [1.54, 1.807) is 24.3 Å². The van der Waals surface area contributed by atoms with Crippen LogP contribution in [0.25, 0.3) is 0 Å². The van der Waals surface area contributed by atoms with Crippen LogP contribution in [0.3, 0.4) is 0 Å². The lowest BCUT2D eigenvalue weighted by atomic mass is 9.81. The van der Waals surface area contributed by atoms with Crippen molar-refractivity contribution >= 4 is 23.5 Å². The third-order valence-corrected chi connectivity index (χ3v) is 5.91. The third kappa shape index (κ3) is 6.67. The van der Waals surface area contributed by atoms with E-state index in [1.807, 2.05) is 30.3 Å². The van der Waals surface area contributed by atoms with Gasteiger partial charge >= 0.3 is 6.09 Å². The lowest BCUT2D eigenvalue weighted by Crippen LogP contribution is -2.42. The zero-order chi connectivity index (χ0) is 22.3. The van der Waals surface area contributed by atoms with E-state index in [4.69, 9.17) is 4.74 Å². The molecule has 6 heteroatoms. The van der Waals surface area contributed by atoms with Gasteiger partial charge in [-0.25, -0.2) is 4.79 Å². The Morgan fingerprint density at radius 3 is 2.26 bits per heavy atom. The molecule has 0 radical (unpaired) electrons. The third-order valence-electron chi connectivity index (χ3n) is 5.91. The van der Waals surface area contributed by atoms with E-state index < -0.39 is 12.1 Å². The summed E-state index contributed by atoms with van der Waals surface area (Å²) < 4.78 is 5.19. The van der Waals surface area contributed by atoms with Crippen LogP contribution in [-0.2, 0) is 16.1 Å². The van der Waals surface area contributed by atoms with Gasteiger partial charge in [0.15, 0.2) is 5.78 Å². The maximum atomic E-state index is 12.7. The van der Waals surface area contributed by atoms with Crippen molar-refractivity contribution in [3.8, 4) is 0 Å². The Hall–Kier alpha value is -3.15. The number of ketones is 1. The number of Topliss-reactive ketones (excluding diaryl/α,β-unsaturated/α-hetero) is 1. The largest absolute Gasteiger partial charge is 0.444 e. The number of anilines is 1. The first-order chi connectivity index (χ1) is 14.8. The van der Waals surface area contributed by atoms with Gasteiger partial charge in [-0.15, -0.1) is 0 Å². The van der Waals surface area contributed by atoms with Gasteiger partial charge in [0.2, 0.25) is 0 Å². The molecule has 0 aliphatic heterocycles. The first-order valence-electron chi connectivity index (χ1n) is 10.7. The number of benzene rings is 2. The van der Waals surface area contributed by atoms with Crippen molar-refractivity contribution in [2.24, 2.45) is 5.41 Å². The quantitative estimate of drug-likeness (QED) is 0.620. The van der Waals surface area contributed by atoms with Gasteiger partial charge < -0.3 is 10.1 Å². The van der Waals surface area contributed by atoms with Crippen LogP contribution < -0.4 is 10.6 Å². The van der Waals surface area contributed by atoms with Crippen molar-refractivity contribution in [2.75, 3.05) is 5.32 Å². The first-order valence-corrected chi connectivity index (χ1v) is 10.7. The Morgan fingerprint density at radius 2 is 1.65 bits per heavy atom. The summed E-state index contributed by atoms with van der Waals surface area (Å²) in [7, 11) is 0. The zero-order valence-electron chi connectivity index (χ0n) is 18.1. The maximum absolute atomic E-state index is 12.7. The number of carbonyl (C=O) groups is 3. The summed E-state index contributed by atoms with van der Waals surface area (Å²) in [5.41, 5.74) is 1.97. The second kappa shape index (κ2) is 10.2. The van der Waals surface area contributed by atoms with Gasteiger partial charge in [0.05, 0.1) is 6.04 Å². The monoisotopic (exact) mass is 422 g/mol. The molecule has 2 aromatic rings. The van der Waals surface area contributed by atoms with Crippen molar-refractivity contribution < 1.29 is 19.1 Å². The standard InChI is InChI=1S/C25H30N2O4/c1-18(28)22(16-25(2)14-6-7-15-25)27-23(29)20-10-12-21(13-11-20)26-24(30)31-17-19-8-4-3-5-9-19/h3-5,8-13,22H,6-7,14-17H2,1-2H3,(H,26,30)(H,27,29)/t22-/m0/s1. The van der Waals surface area contributed by atoms with Crippen LogP contribution >= 0.6 is 0 Å². The minimum absolute atomic E-state index is 0.0269. The van der Waals surface area contributed by atoms with Crippen LogP contribution in [0.15, 0.2) is 54.6 Å². The summed E-state index contributed by atoms with van der Waals surface area (Å²) >= 11 is 0. The topological polar surface area (TPSA) is 84.5 Å². The molecule has 0 aromatic heterocycles. The van der Waals surface area contributed by atoms with Gasteiger partial charge in [0.1, 0.15) is 6.61 Å². The minimum atomic E-state index is -0.567. The molecule has 2 aromatic carbocycles. The molecule has 0 unspecified atom stereocenters. The molecule has 0 spiro atoms. The number of hydrogen-bond donors (Lipinski definition) is 2. The fraction of sp³-hybridized carbons (Fsp3) is 0.400. The Morgan fingerprint density at radius 1 is 1.00 bits per heavy atom. The van der Waals surface area contributed by atoms with E-state index in [2.05, 4.69) is 17.6 Å². The van der Waals surface area contributed by atoms with E-state index in [-0.39, 0.29) is 23.7 Å². The first kappa shape index (κ1) is 22.5. The highest BCUT2D eigenvalue weighted by molar-refractivity contribution is 5.98. The van der Waals surface area contributed by atoms with E-state index in [9.17, 15) is 14.4 Å². The van der Waals surface area contributed by atoms with Crippen molar-refractivity contribution in [3.05, 3.63) is 65.7 Å². The molecular weight excluding hydrogens is 392 g/mol. The number of ether oxygens (including phenoxy) is 1. The fourth-order valence-corrected chi connectivity index (χ4v) is 4.05. The molecule has 0 heterocycles. The zero-order valence-corrected chi connectivity index (χ0v) is 18.1. The van der Waals surface area contributed by atoms with Gasteiger partial charge in [-0.05, 0) is 61.4 Å². The Balaban J connectivity index is 1.52. The average Bonchev–Trinajstić information content (AvgIpc) is 3.19. The number of amides is 2. The molecule has 6 nitrogen and oxygen atoms in total. The molecule has 1 fully saturated rings. The van der Waals surface area contributed by atoms with Crippen molar-refractivity contribution in [1.29, 1.82) is 0 Å². The predicted octanol–water partition coefficient (Wildman–Crippen LogP) is 5.09. The van der Waals surface area contributed by atoms with Crippen LogP contribution in [0, 0.1) is 5.41 Å². The van der Waals surface area contributed by atoms with E-state index >= 15 is 0 Å². The number of rotatable bonds is 8. The SMILES string of the molecule is CC(=O)[C@H](CC1(C)CCCC1)NC(=O)c1ccc(NC(=O)OCc2ccccc2)cc1. The lowest BCUT2D eigenvalue weighted by Gasteiger charge is -2.28. The predicted molar refractivity (Wildman–Crippen MR) is 120 cm³/mol. The van der Waals surface area contributed by atoms with Gasteiger partial charge in [0.25, 0.3) is 5.91 Å². The molecule has 1 saturated carbocycles. The summed E-state index contributed by atoms with van der Waals surface area (Å²) in [6.45, 7) is 3.90. The van der Waals surface area contributed by atoms with Gasteiger partial charge in [-0.3, -0.25) is 14.9 Å². The van der Waals surface area contributed by atoms with Gasteiger partial charge in [0, 0.05) is 11.3 Å². The number of hydrogen-bond acceptors (Lipinski definition) is 4. The van der Waals surface area contributed by atoms with Crippen LogP contribution in [0.5, 0.6) is 0 Å². The van der Waals surface area contributed by atoms with E-state index in [1.165, 1.54) is 19.8 Å². The molecule has 164 valence electrons. The summed E-state index contributed by atoms with van der Waals surface area (Å²) in [6.07, 6.45) is 4.64. The highest BCUT2D eigenvalue weighted by atomic mass is 16.5. The fourth-order valence-electron chi connectivity index (χ4n) is 4.05. The molecule has 1 aliphatic rings. The summed E-state index contributed by atoms with van der Waals surface area (Å²) in [4.78, 5) is 36.7. The van der Waals surface area contributed by atoms with Crippen LogP contribution in [0.1, 0.15) is 61.9 Å². The van der Waals surface area contributed by atoms with Crippen molar-refractivity contribution in [2.45, 2.75) is 58.6 Å². The Labute approximate surface area is 183 Å². The van der Waals surface area contributed by atoms with Gasteiger partial charge in [-0.2, -0.15) is 0 Å². The second-order valence-corrected chi connectivity index (χ2v) is 8.62. The molecule has 0 bridgehead atoms. The maximum Gasteiger partial charge on any atom is 0.411 e. The minimum Gasteiger partial charge on any atom is -0.444 e. The Kier molecular flexibility index (Phi) is 7.45. The molecule has 2 amide bonds. The van der Waals surface area contributed by atoms with Crippen molar-refractivity contribution in [1.82, 2.24) is 5.32 Å². The number of nitrogens with one attached hydrogen (secondary N) is 2. The number of carbonyl (C=O) groups excluding carboxylic acids is 3. The summed E-state index contributed by atoms with van der Waals surface area (Å²) in [5.74, 6) is -0.319. The second-order valence-electron chi connectivity index (χ2n) is 8.62. The van der Waals surface area contributed by atoms with Gasteiger partial charge in [-0.1, -0.05) is 50.1 Å². The Bertz CT molecular complexity index is 903. The average molecular weight is 423 g/mol. The molecule has 31 heavy (non-hydrogen) atoms. The molecule has 1 aliphatic carbocycles. The summed E-state index contributed by atoms with van der Waals surface area (Å²) in [6, 6.07) is 15.4. The molecule has 1 atom stereocenters. The van der Waals surface area contributed by atoms with Crippen molar-refractivity contribution in [3.63, 3.8) is 0 Å². The molecule has 0 saturated heterocycles. The smallest absolute Gasteiger partial charge is 0.411 e. The highest BCUT2D eigenvalue weighted by Crippen LogP contribution is 2.41. The molecular formula is C25H30N2O4. The van der Waals surface area contributed by atoms with Crippen LogP contribution in [0.2, 0.25) is 0 Å². The molecule has 3 rings (SSSR count).